The second kappa shape index (κ2) is 9.76. The second-order valence-electron chi connectivity index (χ2n) is 3.20. The maximum absolute atomic E-state index is 5.19. The molecule has 0 aromatic heterocycles. The van der Waals surface area contributed by atoms with Crippen LogP contribution in [0.15, 0.2) is 23.5 Å². The number of hydrogen-bond acceptors (Lipinski definition) is 4. The van der Waals surface area contributed by atoms with Crippen LogP contribution >= 0.6 is 0 Å². The van der Waals surface area contributed by atoms with E-state index in [0.29, 0.717) is 0 Å². The lowest BCUT2D eigenvalue weighted by molar-refractivity contribution is 0.134. The van der Waals surface area contributed by atoms with Crippen molar-refractivity contribution in [2.45, 2.75) is 40.5 Å². The maximum Gasteiger partial charge on any atom is 0.362 e. The Bertz CT molecular complexity index is 195. The summed E-state index contributed by atoms with van der Waals surface area (Å²) >= 11 is 0. The highest BCUT2D eigenvalue weighted by Gasteiger charge is 1.91. The van der Waals surface area contributed by atoms with E-state index in [4.69, 9.17) is 9.05 Å². The van der Waals surface area contributed by atoms with E-state index in [-0.39, 0.29) is 0 Å². The molecule has 0 aliphatic rings. The van der Waals surface area contributed by atoms with Gasteiger partial charge in [-0.2, -0.15) is 0 Å². The van der Waals surface area contributed by atoms with Crippen LogP contribution in [0.4, 0.5) is 0 Å². The first kappa shape index (κ1) is 14.2. The van der Waals surface area contributed by atoms with Crippen LogP contribution in [0.5, 0.6) is 0 Å². The average Bonchev–Trinajstić information content (AvgIpc) is 2.18. The van der Waals surface area contributed by atoms with Crippen molar-refractivity contribution in [1.29, 1.82) is 0 Å². The summed E-state index contributed by atoms with van der Waals surface area (Å²) in [5.74, 6) is 0. The minimum atomic E-state index is -1.01. The van der Waals surface area contributed by atoms with Crippen molar-refractivity contribution in [2.75, 3.05) is 0 Å². The average molecular weight is 230 g/mol. The van der Waals surface area contributed by atoms with Crippen LogP contribution < -0.4 is 11.0 Å². The topological polar surface area (TPSA) is 42.5 Å². The van der Waals surface area contributed by atoms with Crippen molar-refractivity contribution in [3.8, 4) is 0 Å². The Balaban J connectivity index is 3.40. The molecule has 0 saturated carbocycles. The first-order valence-corrected chi connectivity index (χ1v) is 6.45. The Hall–Kier alpha value is -0.783. The van der Waals surface area contributed by atoms with Crippen molar-refractivity contribution in [3.63, 3.8) is 0 Å². The summed E-state index contributed by atoms with van der Waals surface area (Å²) in [4.78, 5) is 0. The van der Waals surface area contributed by atoms with Gasteiger partial charge in [-0.05, 0) is 26.7 Å². The van der Waals surface area contributed by atoms with E-state index < -0.39 is 10.0 Å². The molecule has 0 rings (SSSR count). The molecule has 0 bridgehead atoms. The fraction of sp³-hybridized carbons (Fsp3) is 0.600. The number of hydroxylamine groups is 2. The van der Waals surface area contributed by atoms with Crippen LogP contribution in [0.2, 0.25) is 0 Å². The zero-order chi connectivity index (χ0) is 11.5. The summed E-state index contributed by atoms with van der Waals surface area (Å²) in [6.07, 6.45) is 6.12. The molecular formula is C10H22N2O2Si. The lowest BCUT2D eigenvalue weighted by Gasteiger charge is -2.09. The molecule has 0 aliphatic carbocycles. The van der Waals surface area contributed by atoms with E-state index in [9.17, 15) is 0 Å². The first-order chi connectivity index (χ1) is 7.20. The largest absolute Gasteiger partial charge is 0.362 e. The van der Waals surface area contributed by atoms with Gasteiger partial charge < -0.3 is 0 Å². The zero-order valence-corrected chi connectivity index (χ0v) is 11.5. The van der Waals surface area contributed by atoms with Crippen molar-refractivity contribution in [2.24, 2.45) is 0 Å². The summed E-state index contributed by atoms with van der Waals surface area (Å²) in [6.45, 7) is 8.10. The van der Waals surface area contributed by atoms with Gasteiger partial charge in [-0.3, -0.25) is 20.0 Å². The number of nitrogens with one attached hydrogen (secondary N) is 2. The Labute approximate surface area is 94.7 Å². The zero-order valence-electron chi connectivity index (χ0n) is 10.1. The van der Waals surface area contributed by atoms with Gasteiger partial charge >= 0.3 is 10.0 Å². The third-order valence-electron chi connectivity index (χ3n) is 1.60. The molecule has 0 amide bonds. The fourth-order valence-corrected chi connectivity index (χ4v) is 1.64. The van der Waals surface area contributed by atoms with Gasteiger partial charge in [0.2, 0.25) is 0 Å². The van der Waals surface area contributed by atoms with Gasteiger partial charge in [0.15, 0.2) is 0 Å². The molecule has 15 heavy (non-hydrogen) atoms. The molecule has 0 radical (unpaired) electrons. The smallest absolute Gasteiger partial charge is 0.294 e. The van der Waals surface area contributed by atoms with Gasteiger partial charge in [0.25, 0.3) is 0 Å². The Kier molecular flexibility index (Phi) is 9.25. The predicted octanol–water partition coefficient (Wildman–Crippen LogP) is 1.66. The molecule has 0 atom stereocenters. The molecule has 0 heterocycles. The molecule has 0 aromatic carbocycles. The highest BCUT2D eigenvalue weighted by atomic mass is 28.3. The quantitative estimate of drug-likeness (QED) is 0.378. The van der Waals surface area contributed by atoms with Crippen LogP contribution in [-0.4, -0.2) is 10.0 Å². The predicted molar refractivity (Wildman–Crippen MR) is 65.1 cm³/mol. The lowest BCUT2D eigenvalue weighted by atomic mass is 10.4. The van der Waals surface area contributed by atoms with Gasteiger partial charge in [0, 0.05) is 11.4 Å². The SMILES string of the molecule is CCC=C(C)NO[SiH2]ONC(C)=CCC. The lowest BCUT2D eigenvalue weighted by Crippen LogP contribution is -2.23. The minimum Gasteiger partial charge on any atom is -0.294 e. The van der Waals surface area contributed by atoms with E-state index in [1.165, 1.54) is 0 Å². The maximum atomic E-state index is 5.19. The van der Waals surface area contributed by atoms with E-state index in [0.717, 1.165) is 24.2 Å². The monoisotopic (exact) mass is 230 g/mol. The minimum absolute atomic E-state index is 1.00. The van der Waals surface area contributed by atoms with Crippen molar-refractivity contribution in [1.82, 2.24) is 11.0 Å². The van der Waals surface area contributed by atoms with Gasteiger partial charge in [-0.1, -0.05) is 26.0 Å². The molecule has 0 unspecified atom stereocenters. The summed E-state index contributed by atoms with van der Waals surface area (Å²) < 4.78 is 10.4. The van der Waals surface area contributed by atoms with Crippen LogP contribution in [0.1, 0.15) is 40.5 Å². The van der Waals surface area contributed by atoms with Crippen LogP contribution in [0.25, 0.3) is 0 Å². The molecule has 0 aromatic rings. The van der Waals surface area contributed by atoms with E-state index >= 15 is 0 Å². The standard InChI is InChI=1S/C10H22N2O2Si/c1-5-7-9(3)11-13-15-14-12-10(4)8-6-2/h7-8,11-12H,5-6,15H2,1-4H3. The van der Waals surface area contributed by atoms with Crippen molar-refractivity contribution < 1.29 is 9.05 Å². The van der Waals surface area contributed by atoms with Crippen LogP contribution in [0, 0.1) is 0 Å². The molecular weight excluding hydrogens is 208 g/mol. The highest BCUT2D eigenvalue weighted by molar-refractivity contribution is 6.17. The molecule has 4 nitrogen and oxygen atoms in total. The Morgan fingerprint density at radius 1 is 1.00 bits per heavy atom. The Morgan fingerprint density at radius 3 is 1.73 bits per heavy atom. The van der Waals surface area contributed by atoms with Gasteiger partial charge in [-0.15, -0.1) is 0 Å². The summed E-state index contributed by atoms with van der Waals surface area (Å²) in [5, 5.41) is 0. The molecule has 5 heteroatoms. The molecule has 0 saturated heterocycles. The van der Waals surface area contributed by atoms with E-state index in [2.05, 4.69) is 37.0 Å². The number of hydrogen-bond donors (Lipinski definition) is 2. The molecule has 0 spiro atoms. The molecule has 0 fully saturated rings. The van der Waals surface area contributed by atoms with Gasteiger partial charge in [-0.25, -0.2) is 0 Å². The highest BCUT2D eigenvalue weighted by Crippen LogP contribution is 1.90. The third-order valence-corrected chi connectivity index (χ3v) is 2.13. The second-order valence-corrected chi connectivity index (χ2v) is 4.01. The fourth-order valence-electron chi connectivity index (χ4n) is 1.01. The molecule has 88 valence electrons. The number of allylic oxidation sites excluding steroid dienone is 4. The molecule has 2 N–H and O–H groups in total. The van der Waals surface area contributed by atoms with Crippen LogP contribution in [0.3, 0.4) is 0 Å². The molecule has 0 aliphatic heterocycles. The van der Waals surface area contributed by atoms with Gasteiger partial charge in [0.1, 0.15) is 0 Å². The summed E-state index contributed by atoms with van der Waals surface area (Å²) in [6, 6.07) is 0. The summed E-state index contributed by atoms with van der Waals surface area (Å²) in [5.41, 5.74) is 7.70. The van der Waals surface area contributed by atoms with Crippen molar-refractivity contribution in [3.05, 3.63) is 23.5 Å². The normalized spacial score (nSPS) is 13.6. The number of rotatable bonds is 8. The van der Waals surface area contributed by atoms with Crippen LogP contribution in [-0.2, 0) is 9.05 Å². The van der Waals surface area contributed by atoms with Crippen molar-refractivity contribution >= 4 is 10.0 Å². The summed E-state index contributed by atoms with van der Waals surface area (Å²) in [7, 11) is -1.01. The van der Waals surface area contributed by atoms with E-state index in [1.54, 1.807) is 0 Å². The third kappa shape index (κ3) is 9.52. The Morgan fingerprint density at radius 2 is 1.40 bits per heavy atom. The van der Waals surface area contributed by atoms with Gasteiger partial charge in [0.05, 0.1) is 0 Å². The first-order valence-electron chi connectivity index (χ1n) is 5.29. The van der Waals surface area contributed by atoms with E-state index in [1.807, 2.05) is 13.8 Å².